The van der Waals surface area contributed by atoms with E-state index in [1.807, 2.05) is 24.7 Å². The predicted octanol–water partition coefficient (Wildman–Crippen LogP) is -0.390. The molecule has 0 amide bonds. The van der Waals surface area contributed by atoms with E-state index in [0.717, 1.165) is 5.82 Å². The fraction of sp³-hybridized carbons (Fsp3) is 0.400. The van der Waals surface area contributed by atoms with Crippen LogP contribution in [0.2, 0.25) is 0 Å². The van der Waals surface area contributed by atoms with Crippen molar-refractivity contribution in [1.29, 1.82) is 0 Å². The summed E-state index contributed by atoms with van der Waals surface area (Å²) in [6.45, 7) is 1.91. The zero-order valence-corrected chi connectivity index (χ0v) is 5.00. The molecule has 0 saturated carbocycles. The van der Waals surface area contributed by atoms with E-state index in [4.69, 9.17) is 0 Å². The first kappa shape index (κ1) is 5.15. The summed E-state index contributed by atoms with van der Waals surface area (Å²) < 4.78 is 1.91. The van der Waals surface area contributed by atoms with Crippen molar-refractivity contribution >= 4 is 0 Å². The molecule has 1 aromatic rings. The molecule has 1 aromatic heterocycles. The summed E-state index contributed by atoms with van der Waals surface area (Å²) in [5, 5.41) is 7.47. The van der Waals surface area contributed by atoms with Gasteiger partial charge >= 0.3 is 5.82 Å². The molecule has 0 aliphatic heterocycles. The second kappa shape index (κ2) is 1.86. The number of aryl methyl sites for hydroxylation is 2. The Morgan fingerprint density at radius 1 is 1.62 bits per heavy atom. The normalized spacial score (nSPS) is 9.25. The van der Waals surface area contributed by atoms with Gasteiger partial charge in [0.15, 0.2) is 0 Å². The van der Waals surface area contributed by atoms with Crippen molar-refractivity contribution in [2.45, 2.75) is 6.92 Å². The minimum absolute atomic E-state index is 0.924. The van der Waals surface area contributed by atoms with Gasteiger partial charge in [-0.25, -0.2) is 4.57 Å². The summed E-state index contributed by atoms with van der Waals surface area (Å²) in [6, 6.07) is 0. The lowest BCUT2D eigenvalue weighted by Gasteiger charge is -1.84. The lowest BCUT2D eigenvalue weighted by atomic mass is 10.7. The van der Waals surface area contributed by atoms with E-state index in [0.29, 0.717) is 0 Å². The Kier molecular flexibility index (Phi) is 1.20. The van der Waals surface area contributed by atoms with Crippen LogP contribution in [0.4, 0.5) is 0 Å². The molecule has 1 heterocycles. The highest BCUT2D eigenvalue weighted by atomic mass is 15.2. The molecule has 0 saturated heterocycles. The first-order chi connectivity index (χ1) is 3.80. The zero-order valence-electron chi connectivity index (χ0n) is 5.00. The van der Waals surface area contributed by atoms with Crippen LogP contribution in [0.1, 0.15) is 5.82 Å². The van der Waals surface area contributed by atoms with Crippen molar-refractivity contribution < 1.29 is 4.57 Å². The molecule has 0 N–H and O–H groups in total. The van der Waals surface area contributed by atoms with Crippen LogP contribution in [0.3, 0.4) is 0 Å². The fourth-order valence-electron chi connectivity index (χ4n) is 0.425. The molecule has 42 valence electrons. The Labute approximate surface area is 48.0 Å². The molecular formula is C5H8N3+. The second-order valence-electron chi connectivity index (χ2n) is 1.67. The van der Waals surface area contributed by atoms with Gasteiger partial charge in [-0.1, -0.05) is 0 Å². The van der Waals surface area contributed by atoms with E-state index in [2.05, 4.69) is 10.2 Å². The Morgan fingerprint density at radius 2 is 2.38 bits per heavy atom. The molecule has 0 spiro atoms. The Hall–Kier alpha value is -0.990. The molecule has 0 fully saturated rings. The number of rotatable bonds is 0. The number of hydrogen-bond donors (Lipinski definition) is 0. The zero-order chi connectivity index (χ0) is 5.98. The average Bonchev–Trinajstić information content (AvgIpc) is 1.77. The summed E-state index contributed by atoms with van der Waals surface area (Å²) in [6.07, 6.45) is 3.52. The van der Waals surface area contributed by atoms with Crippen molar-refractivity contribution in [2.75, 3.05) is 0 Å². The maximum atomic E-state index is 3.79. The van der Waals surface area contributed by atoms with E-state index in [9.17, 15) is 0 Å². The molecule has 0 unspecified atom stereocenters. The van der Waals surface area contributed by atoms with Crippen molar-refractivity contribution in [3.05, 3.63) is 18.2 Å². The van der Waals surface area contributed by atoms with Crippen LogP contribution in [-0.4, -0.2) is 10.2 Å². The van der Waals surface area contributed by atoms with E-state index < -0.39 is 0 Å². The SMILES string of the molecule is Cc1nncc[n+]1C. The van der Waals surface area contributed by atoms with E-state index >= 15 is 0 Å². The summed E-state index contributed by atoms with van der Waals surface area (Å²) in [5.74, 6) is 0.924. The third kappa shape index (κ3) is 0.804. The minimum atomic E-state index is 0.924. The van der Waals surface area contributed by atoms with Gasteiger partial charge < -0.3 is 0 Å². The maximum Gasteiger partial charge on any atom is 0.323 e. The van der Waals surface area contributed by atoms with Crippen molar-refractivity contribution in [2.24, 2.45) is 7.05 Å². The minimum Gasteiger partial charge on any atom is -0.234 e. The van der Waals surface area contributed by atoms with Crippen LogP contribution < -0.4 is 4.57 Å². The highest BCUT2D eigenvalue weighted by Crippen LogP contribution is 1.71. The molecule has 8 heavy (non-hydrogen) atoms. The summed E-state index contributed by atoms with van der Waals surface area (Å²) in [4.78, 5) is 0. The molecule has 0 atom stereocenters. The average molecular weight is 110 g/mol. The number of aromatic nitrogens is 3. The summed E-state index contributed by atoms with van der Waals surface area (Å²) >= 11 is 0. The van der Waals surface area contributed by atoms with Crippen LogP contribution in [0.5, 0.6) is 0 Å². The van der Waals surface area contributed by atoms with Crippen LogP contribution in [0.15, 0.2) is 12.4 Å². The molecule has 0 bridgehead atoms. The summed E-state index contributed by atoms with van der Waals surface area (Å²) in [7, 11) is 1.93. The van der Waals surface area contributed by atoms with Gasteiger partial charge in [0.05, 0.1) is 12.1 Å². The number of hydrogen-bond acceptors (Lipinski definition) is 2. The lowest BCUT2D eigenvalue weighted by Crippen LogP contribution is -2.32. The quantitative estimate of drug-likeness (QED) is 0.426. The molecule has 3 nitrogen and oxygen atoms in total. The van der Waals surface area contributed by atoms with Crippen molar-refractivity contribution in [3.63, 3.8) is 0 Å². The Bertz CT molecular complexity index is 164. The largest absolute Gasteiger partial charge is 0.323 e. The van der Waals surface area contributed by atoms with Gasteiger partial charge in [-0.15, -0.1) is 0 Å². The van der Waals surface area contributed by atoms with Gasteiger partial charge in [-0.3, -0.25) is 0 Å². The third-order valence-electron chi connectivity index (χ3n) is 1.07. The number of nitrogens with zero attached hydrogens (tertiary/aromatic N) is 3. The molecule has 0 radical (unpaired) electrons. The standard InChI is InChI=1S/C5H8N3/c1-5-7-6-3-4-8(5)2/h3-4H,1-2H3/q+1. The predicted molar refractivity (Wildman–Crippen MR) is 27.9 cm³/mol. The van der Waals surface area contributed by atoms with Crippen molar-refractivity contribution in [1.82, 2.24) is 10.2 Å². The topological polar surface area (TPSA) is 29.7 Å². The highest BCUT2D eigenvalue weighted by molar-refractivity contribution is 4.62. The maximum absolute atomic E-state index is 3.79. The van der Waals surface area contributed by atoms with E-state index in [1.165, 1.54) is 0 Å². The van der Waals surface area contributed by atoms with Crippen LogP contribution in [0, 0.1) is 6.92 Å². The van der Waals surface area contributed by atoms with Gasteiger partial charge in [-0.2, -0.15) is 0 Å². The molecule has 0 aliphatic carbocycles. The van der Waals surface area contributed by atoms with Gasteiger partial charge in [0.2, 0.25) is 0 Å². The fourth-order valence-corrected chi connectivity index (χ4v) is 0.425. The van der Waals surface area contributed by atoms with Crippen LogP contribution in [0.25, 0.3) is 0 Å². The third-order valence-corrected chi connectivity index (χ3v) is 1.07. The monoisotopic (exact) mass is 110 g/mol. The first-order valence-electron chi connectivity index (χ1n) is 2.44. The Morgan fingerprint density at radius 3 is 2.75 bits per heavy atom. The molecular weight excluding hydrogens is 102 g/mol. The van der Waals surface area contributed by atoms with E-state index in [-0.39, 0.29) is 0 Å². The smallest absolute Gasteiger partial charge is 0.234 e. The Balaban J connectivity index is 3.13. The first-order valence-corrected chi connectivity index (χ1v) is 2.44. The molecule has 0 aromatic carbocycles. The van der Waals surface area contributed by atoms with Crippen LogP contribution in [-0.2, 0) is 7.05 Å². The van der Waals surface area contributed by atoms with E-state index in [1.54, 1.807) is 6.20 Å². The second-order valence-corrected chi connectivity index (χ2v) is 1.67. The lowest BCUT2D eigenvalue weighted by molar-refractivity contribution is -0.681. The van der Waals surface area contributed by atoms with Crippen LogP contribution >= 0.6 is 0 Å². The molecule has 0 aliphatic rings. The van der Waals surface area contributed by atoms with Gasteiger partial charge in [-0.05, 0) is 5.10 Å². The molecule has 3 heteroatoms. The summed E-state index contributed by atoms with van der Waals surface area (Å²) in [5.41, 5.74) is 0. The molecule has 1 rings (SSSR count). The van der Waals surface area contributed by atoms with Crippen molar-refractivity contribution in [3.8, 4) is 0 Å². The van der Waals surface area contributed by atoms with Gasteiger partial charge in [0, 0.05) is 6.92 Å². The van der Waals surface area contributed by atoms with Gasteiger partial charge in [0.1, 0.15) is 12.4 Å². The van der Waals surface area contributed by atoms with Gasteiger partial charge in [0.25, 0.3) is 0 Å². The highest BCUT2D eigenvalue weighted by Gasteiger charge is 1.96.